The van der Waals surface area contributed by atoms with Crippen molar-refractivity contribution in [2.75, 3.05) is 6.61 Å². The molecular weight excluding hydrogens is 268 g/mol. The zero-order valence-electron chi connectivity index (χ0n) is 12.6. The van der Waals surface area contributed by atoms with Crippen molar-refractivity contribution >= 4 is 11.6 Å². The Hall–Kier alpha value is -2.12. The summed E-state index contributed by atoms with van der Waals surface area (Å²) in [7, 11) is 0. The number of allylic oxidation sites excluding steroid dienone is 3. The number of aliphatic hydroxyl groups is 1. The second kappa shape index (κ2) is 5.58. The Balaban J connectivity index is 1.74. The Morgan fingerprint density at radius 2 is 1.64 bits per heavy atom. The molecule has 2 aromatic carbocycles. The molecule has 22 heavy (non-hydrogen) atoms. The van der Waals surface area contributed by atoms with Gasteiger partial charge >= 0.3 is 0 Å². The summed E-state index contributed by atoms with van der Waals surface area (Å²) >= 11 is 0. The first kappa shape index (κ1) is 13.5. The van der Waals surface area contributed by atoms with E-state index in [2.05, 4.69) is 66.8 Å². The smallest absolute Gasteiger partial charge is 0.0434 e. The minimum atomic E-state index is 0.260. The number of hydrogen-bond acceptors (Lipinski definition) is 1. The molecule has 2 aliphatic rings. The lowest BCUT2D eigenvalue weighted by Crippen LogP contribution is -2.04. The molecule has 0 aromatic heterocycles. The van der Waals surface area contributed by atoms with Gasteiger partial charge in [-0.05, 0) is 40.7 Å². The van der Waals surface area contributed by atoms with E-state index in [0.29, 0.717) is 11.8 Å². The molecule has 2 atom stereocenters. The third-order valence-electron chi connectivity index (χ3n) is 4.88. The molecule has 0 heterocycles. The average molecular weight is 288 g/mol. The van der Waals surface area contributed by atoms with E-state index >= 15 is 0 Å². The molecule has 4 rings (SSSR count). The molecule has 0 spiro atoms. The predicted octanol–water partition coefficient (Wildman–Crippen LogP) is 4.75. The molecular formula is C21H20O. The molecule has 110 valence electrons. The average Bonchev–Trinajstić information content (AvgIpc) is 3.14. The topological polar surface area (TPSA) is 20.2 Å². The first-order valence-corrected chi connectivity index (χ1v) is 8.06. The van der Waals surface area contributed by atoms with Crippen LogP contribution in [0.4, 0.5) is 0 Å². The molecule has 1 heteroatoms. The summed E-state index contributed by atoms with van der Waals surface area (Å²) in [6, 6.07) is 17.4. The zero-order chi connectivity index (χ0) is 14.9. The number of rotatable bonds is 4. The normalized spacial score (nSPS) is 21.6. The molecule has 2 aromatic rings. The van der Waals surface area contributed by atoms with E-state index in [1.807, 2.05) is 0 Å². The number of aliphatic hydroxyl groups excluding tert-OH is 1. The Morgan fingerprint density at radius 3 is 2.50 bits per heavy atom. The minimum Gasteiger partial charge on any atom is -0.396 e. The Morgan fingerprint density at radius 1 is 0.864 bits per heavy atom. The van der Waals surface area contributed by atoms with Crippen LogP contribution in [-0.2, 0) is 0 Å². The van der Waals surface area contributed by atoms with E-state index in [9.17, 15) is 0 Å². The van der Waals surface area contributed by atoms with Crippen LogP contribution < -0.4 is 0 Å². The minimum absolute atomic E-state index is 0.260. The van der Waals surface area contributed by atoms with E-state index in [-0.39, 0.29) is 6.61 Å². The van der Waals surface area contributed by atoms with Gasteiger partial charge in [0.15, 0.2) is 0 Å². The van der Waals surface area contributed by atoms with E-state index in [1.165, 1.54) is 27.8 Å². The quantitative estimate of drug-likeness (QED) is 0.860. The Labute approximate surface area is 131 Å². The summed E-state index contributed by atoms with van der Waals surface area (Å²) in [4.78, 5) is 0. The lowest BCUT2D eigenvalue weighted by molar-refractivity contribution is 0.290. The lowest BCUT2D eigenvalue weighted by atomic mass is 9.84. The monoisotopic (exact) mass is 288 g/mol. The van der Waals surface area contributed by atoms with Crippen molar-refractivity contribution in [3.8, 4) is 0 Å². The number of benzene rings is 2. The maximum Gasteiger partial charge on any atom is 0.0434 e. The molecule has 0 radical (unpaired) electrons. The summed E-state index contributed by atoms with van der Waals surface area (Å²) in [5.74, 6) is 0.855. The van der Waals surface area contributed by atoms with Crippen molar-refractivity contribution in [1.82, 2.24) is 0 Å². The third-order valence-corrected chi connectivity index (χ3v) is 4.88. The molecule has 2 aliphatic carbocycles. The summed E-state index contributed by atoms with van der Waals surface area (Å²) < 4.78 is 0. The first-order chi connectivity index (χ1) is 10.9. The lowest BCUT2D eigenvalue weighted by Gasteiger charge is -2.19. The maximum atomic E-state index is 9.14. The van der Waals surface area contributed by atoms with Gasteiger partial charge < -0.3 is 5.11 Å². The summed E-state index contributed by atoms with van der Waals surface area (Å²) in [5.41, 5.74) is 6.98. The van der Waals surface area contributed by atoms with Crippen LogP contribution in [0.25, 0.3) is 11.6 Å². The van der Waals surface area contributed by atoms with Gasteiger partial charge in [-0.2, -0.15) is 0 Å². The van der Waals surface area contributed by atoms with Gasteiger partial charge in [-0.15, -0.1) is 0 Å². The molecule has 0 bridgehead atoms. The van der Waals surface area contributed by atoms with E-state index in [1.54, 1.807) is 0 Å². The van der Waals surface area contributed by atoms with Crippen molar-refractivity contribution in [3.05, 3.63) is 82.9 Å². The van der Waals surface area contributed by atoms with Crippen LogP contribution in [0.1, 0.15) is 46.9 Å². The van der Waals surface area contributed by atoms with E-state index < -0.39 is 0 Å². The van der Waals surface area contributed by atoms with Gasteiger partial charge in [-0.25, -0.2) is 0 Å². The second-order valence-electron chi connectivity index (χ2n) is 6.15. The van der Waals surface area contributed by atoms with Gasteiger partial charge in [0.2, 0.25) is 0 Å². The highest BCUT2D eigenvalue weighted by molar-refractivity contribution is 5.77. The van der Waals surface area contributed by atoms with Crippen molar-refractivity contribution in [2.24, 2.45) is 0 Å². The maximum absolute atomic E-state index is 9.14. The predicted molar refractivity (Wildman–Crippen MR) is 91.7 cm³/mol. The first-order valence-electron chi connectivity index (χ1n) is 8.06. The highest BCUT2D eigenvalue weighted by atomic mass is 16.2. The van der Waals surface area contributed by atoms with Gasteiger partial charge in [-0.3, -0.25) is 0 Å². The number of fused-ring (bicyclic) bond motifs is 2. The molecule has 0 fully saturated rings. The van der Waals surface area contributed by atoms with Gasteiger partial charge in [0.25, 0.3) is 0 Å². The van der Waals surface area contributed by atoms with Crippen LogP contribution in [-0.4, -0.2) is 11.7 Å². The van der Waals surface area contributed by atoms with Crippen LogP contribution in [0.5, 0.6) is 0 Å². The molecule has 0 saturated carbocycles. The van der Waals surface area contributed by atoms with Crippen molar-refractivity contribution in [1.29, 1.82) is 0 Å². The molecule has 0 amide bonds. The fourth-order valence-electron chi connectivity index (χ4n) is 3.85. The van der Waals surface area contributed by atoms with Gasteiger partial charge in [-0.1, -0.05) is 66.8 Å². The summed E-state index contributed by atoms with van der Waals surface area (Å²) in [5, 5.41) is 9.14. The summed E-state index contributed by atoms with van der Waals surface area (Å²) in [6.45, 7) is 0.260. The number of hydrogen-bond donors (Lipinski definition) is 1. The van der Waals surface area contributed by atoms with Crippen LogP contribution >= 0.6 is 0 Å². The van der Waals surface area contributed by atoms with Crippen LogP contribution in [0.15, 0.2) is 60.7 Å². The van der Waals surface area contributed by atoms with E-state index in [4.69, 9.17) is 5.11 Å². The van der Waals surface area contributed by atoms with Crippen LogP contribution in [0.2, 0.25) is 0 Å². The van der Waals surface area contributed by atoms with E-state index in [0.717, 1.165) is 12.8 Å². The van der Waals surface area contributed by atoms with Crippen LogP contribution in [0.3, 0.4) is 0 Å². The van der Waals surface area contributed by atoms with Crippen LogP contribution in [0, 0.1) is 0 Å². The SMILES string of the molecule is OCCCC1=CC(C2C=Cc3ccccc32)c2ccccc21. The van der Waals surface area contributed by atoms with Gasteiger partial charge in [0.05, 0.1) is 0 Å². The van der Waals surface area contributed by atoms with Gasteiger partial charge in [0, 0.05) is 18.4 Å². The standard InChI is InChI=1S/C21H20O/c22-13-5-7-16-14-21(19-10-4-3-9-18(16)19)20-12-11-15-6-1-2-8-17(15)20/h1-4,6,8-12,14,20-22H,5,7,13H2. The molecule has 1 nitrogen and oxygen atoms in total. The summed E-state index contributed by atoms with van der Waals surface area (Å²) in [6.07, 6.45) is 8.82. The van der Waals surface area contributed by atoms with Crippen molar-refractivity contribution in [2.45, 2.75) is 24.7 Å². The fraction of sp³-hybridized carbons (Fsp3) is 0.238. The highest BCUT2D eigenvalue weighted by Crippen LogP contribution is 2.48. The molecule has 2 unspecified atom stereocenters. The largest absolute Gasteiger partial charge is 0.396 e. The molecule has 0 saturated heterocycles. The fourth-order valence-corrected chi connectivity index (χ4v) is 3.85. The second-order valence-corrected chi connectivity index (χ2v) is 6.15. The zero-order valence-corrected chi connectivity index (χ0v) is 12.6. The van der Waals surface area contributed by atoms with Crippen molar-refractivity contribution < 1.29 is 5.11 Å². The molecule has 0 aliphatic heterocycles. The highest BCUT2D eigenvalue weighted by Gasteiger charge is 2.31. The van der Waals surface area contributed by atoms with Gasteiger partial charge in [0.1, 0.15) is 0 Å². The third kappa shape index (κ3) is 2.13. The Bertz CT molecular complexity index is 754. The molecule has 1 N–H and O–H groups in total. The Kier molecular flexibility index (Phi) is 3.44. The van der Waals surface area contributed by atoms with Crippen molar-refractivity contribution in [3.63, 3.8) is 0 Å².